The number of halogens is 3. The van der Waals surface area contributed by atoms with Crippen LogP contribution in [0.1, 0.15) is 34.3 Å². The van der Waals surface area contributed by atoms with Gasteiger partial charge in [-0.2, -0.15) is 13.2 Å². The van der Waals surface area contributed by atoms with Crippen molar-refractivity contribution in [2.75, 3.05) is 62.5 Å². The molecule has 2 aliphatic heterocycles. The monoisotopic (exact) mass is 627 g/mol. The van der Waals surface area contributed by atoms with Gasteiger partial charge in [0.05, 0.1) is 22.8 Å². The van der Waals surface area contributed by atoms with Gasteiger partial charge < -0.3 is 25.1 Å². The lowest BCUT2D eigenvalue weighted by Crippen LogP contribution is -2.44. The normalized spacial score (nSPS) is 15.4. The number of carbonyl (C=O) groups is 3. The zero-order valence-electron chi connectivity index (χ0n) is 24.2. The molecule has 11 nitrogen and oxygen atoms in total. The smallest absolute Gasteiger partial charge is 0.475 e. The van der Waals surface area contributed by atoms with Crippen molar-refractivity contribution >= 4 is 39.2 Å². The van der Waals surface area contributed by atoms with Crippen LogP contribution in [0, 0.1) is 13.8 Å². The number of aliphatic carboxylic acids is 1. The van der Waals surface area contributed by atoms with E-state index >= 15 is 0 Å². The molecule has 2 amide bonds. The first-order chi connectivity index (χ1) is 20.1. The number of likely N-dealkylation sites (N-methyl/N-ethyl adjacent to an activating group) is 1. The van der Waals surface area contributed by atoms with Crippen molar-refractivity contribution < 1.29 is 41.1 Å². The molecule has 0 saturated carbocycles. The molecule has 0 aliphatic carbocycles. The second kappa shape index (κ2) is 14.1. The van der Waals surface area contributed by atoms with E-state index in [1.54, 1.807) is 49.2 Å². The fourth-order valence-corrected chi connectivity index (χ4v) is 6.09. The van der Waals surface area contributed by atoms with Crippen LogP contribution in [0.3, 0.4) is 0 Å². The Morgan fingerprint density at radius 2 is 1.60 bits per heavy atom. The van der Waals surface area contributed by atoms with Gasteiger partial charge in [0.25, 0.3) is 15.9 Å². The molecule has 0 aromatic heterocycles. The highest BCUT2D eigenvalue weighted by atomic mass is 32.2. The minimum absolute atomic E-state index is 0.0120. The number of alkyl halides is 3. The standard InChI is InChI=1S/C26H35N5O4S.C2HF3O2/c1-19-6-7-20(2)24(16-19)36(34,35)28-22-17-21(8-9-23(22)30-14-10-27-11-15-30)26(33)29(3)18-25(32)31-12-4-5-13-31;3-2(4,5)1(6)7/h6-9,16-17,27-28H,4-5,10-15,18H2,1-3H3;(H,6,7). The van der Waals surface area contributed by atoms with Crippen LogP contribution in [-0.2, 0) is 19.6 Å². The van der Waals surface area contributed by atoms with Gasteiger partial charge in [-0.25, -0.2) is 13.2 Å². The Hall–Kier alpha value is -3.85. The summed E-state index contributed by atoms with van der Waals surface area (Å²) in [6, 6.07) is 10.4. The van der Waals surface area contributed by atoms with Crippen LogP contribution in [-0.4, -0.2) is 100 Å². The number of nitrogens with zero attached hydrogens (tertiary/aromatic N) is 3. The summed E-state index contributed by atoms with van der Waals surface area (Å²) in [6.45, 7) is 8.06. The van der Waals surface area contributed by atoms with E-state index in [1.165, 1.54) is 4.90 Å². The van der Waals surface area contributed by atoms with Gasteiger partial charge >= 0.3 is 12.1 Å². The van der Waals surface area contributed by atoms with Crippen LogP contribution < -0.4 is 14.9 Å². The number of aryl methyl sites for hydroxylation is 2. The molecule has 0 spiro atoms. The number of benzene rings is 2. The lowest BCUT2D eigenvalue weighted by Gasteiger charge is -2.31. The van der Waals surface area contributed by atoms with E-state index in [9.17, 15) is 31.2 Å². The number of piperazine rings is 1. The van der Waals surface area contributed by atoms with Gasteiger partial charge in [-0.3, -0.25) is 14.3 Å². The number of sulfonamides is 1. The molecule has 2 aromatic carbocycles. The average Bonchev–Trinajstić information content (AvgIpc) is 3.49. The zero-order chi connectivity index (χ0) is 31.9. The second-order valence-electron chi connectivity index (χ2n) is 10.4. The fraction of sp³-hybridized carbons (Fsp3) is 0.464. The fourth-order valence-electron chi connectivity index (χ4n) is 4.69. The van der Waals surface area contributed by atoms with Crippen molar-refractivity contribution in [3.05, 3.63) is 53.1 Å². The summed E-state index contributed by atoms with van der Waals surface area (Å²) < 4.78 is 61.3. The van der Waals surface area contributed by atoms with Gasteiger partial charge in [0.2, 0.25) is 5.91 Å². The molecule has 2 saturated heterocycles. The van der Waals surface area contributed by atoms with Crippen LogP contribution >= 0.6 is 0 Å². The van der Waals surface area contributed by atoms with Crippen LogP contribution in [0.4, 0.5) is 24.5 Å². The molecule has 2 heterocycles. The number of anilines is 2. The zero-order valence-corrected chi connectivity index (χ0v) is 25.0. The number of rotatable bonds is 7. The minimum Gasteiger partial charge on any atom is -0.475 e. The van der Waals surface area contributed by atoms with Crippen molar-refractivity contribution in [2.45, 2.75) is 37.8 Å². The van der Waals surface area contributed by atoms with Gasteiger partial charge in [0.15, 0.2) is 0 Å². The number of nitrogens with one attached hydrogen (secondary N) is 2. The van der Waals surface area contributed by atoms with Gasteiger partial charge in [-0.1, -0.05) is 12.1 Å². The molecule has 4 rings (SSSR count). The predicted molar refractivity (Wildman–Crippen MR) is 155 cm³/mol. The average molecular weight is 628 g/mol. The van der Waals surface area contributed by atoms with Crippen molar-refractivity contribution in [2.24, 2.45) is 0 Å². The van der Waals surface area contributed by atoms with Crippen LogP contribution in [0.25, 0.3) is 0 Å². The molecule has 2 aliphatic rings. The first-order valence-electron chi connectivity index (χ1n) is 13.6. The predicted octanol–water partition coefficient (Wildman–Crippen LogP) is 2.84. The number of carboxylic acids is 1. The van der Waals surface area contributed by atoms with E-state index in [0.717, 1.165) is 63.4 Å². The maximum atomic E-state index is 13.4. The molecular formula is C28H36F3N5O6S. The summed E-state index contributed by atoms with van der Waals surface area (Å²) in [5, 5.41) is 10.4. The van der Waals surface area contributed by atoms with E-state index in [2.05, 4.69) is 14.9 Å². The molecule has 0 unspecified atom stereocenters. The van der Waals surface area contributed by atoms with Gasteiger partial charge in [0.1, 0.15) is 0 Å². The minimum atomic E-state index is -5.08. The molecule has 236 valence electrons. The molecule has 0 bridgehead atoms. The largest absolute Gasteiger partial charge is 0.490 e. The van der Waals surface area contributed by atoms with E-state index in [-0.39, 0.29) is 23.3 Å². The van der Waals surface area contributed by atoms with E-state index < -0.39 is 22.2 Å². The lowest BCUT2D eigenvalue weighted by atomic mass is 10.1. The highest BCUT2D eigenvalue weighted by Gasteiger charge is 2.38. The molecule has 15 heteroatoms. The first kappa shape index (κ1) is 33.6. The lowest BCUT2D eigenvalue weighted by molar-refractivity contribution is -0.192. The van der Waals surface area contributed by atoms with Crippen molar-refractivity contribution in [1.29, 1.82) is 0 Å². The number of likely N-dealkylation sites (tertiary alicyclic amines) is 1. The van der Waals surface area contributed by atoms with Gasteiger partial charge in [-0.05, 0) is 62.1 Å². The Kier molecular flexibility index (Phi) is 11.0. The number of carboxylic acid groups (broad SMARTS) is 1. The summed E-state index contributed by atoms with van der Waals surface area (Å²) >= 11 is 0. The Morgan fingerprint density at radius 1 is 1.00 bits per heavy atom. The third-order valence-corrected chi connectivity index (χ3v) is 8.51. The van der Waals surface area contributed by atoms with E-state index in [0.29, 0.717) is 16.8 Å². The third kappa shape index (κ3) is 9.07. The number of hydrogen-bond donors (Lipinski definition) is 3. The SMILES string of the molecule is Cc1ccc(C)c(S(=O)(=O)Nc2cc(C(=O)N(C)CC(=O)N3CCCC3)ccc2N2CCNCC2)c1.O=C(O)C(F)(F)F. The summed E-state index contributed by atoms with van der Waals surface area (Å²) in [6.07, 6.45) is -3.11. The van der Waals surface area contributed by atoms with Crippen LogP contribution in [0.15, 0.2) is 41.3 Å². The Bertz CT molecular complexity index is 1440. The third-order valence-electron chi connectivity index (χ3n) is 7.00. The van der Waals surface area contributed by atoms with E-state index in [4.69, 9.17) is 9.90 Å². The number of carbonyl (C=O) groups excluding carboxylic acids is 2. The number of amides is 2. The molecule has 43 heavy (non-hydrogen) atoms. The van der Waals surface area contributed by atoms with Crippen LogP contribution in [0.2, 0.25) is 0 Å². The van der Waals surface area contributed by atoms with E-state index in [1.807, 2.05) is 13.0 Å². The summed E-state index contributed by atoms with van der Waals surface area (Å²) in [5.74, 6) is -3.16. The molecular weight excluding hydrogens is 591 g/mol. The maximum Gasteiger partial charge on any atom is 0.490 e. The van der Waals surface area contributed by atoms with Gasteiger partial charge in [0, 0.05) is 51.9 Å². The molecule has 2 fully saturated rings. The molecule has 0 atom stereocenters. The Morgan fingerprint density at radius 3 is 2.19 bits per heavy atom. The van der Waals surface area contributed by atoms with Crippen molar-refractivity contribution in [3.8, 4) is 0 Å². The molecule has 3 N–H and O–H groups in total. The highest BCUT2D eigenvalue weighted by molar-refractivity contribution is 7.92. The second-order valence-corrected chi connectivity index (χ2v) is 12.0. The quantitative estimate of drug-likeness (QED) is 0.426. The highest BCUT2D eigenvalue weighted by Crippen LogP contribution is 2.31. The summed E-state index contributed by atoms with van der Waals surface area (Å²) in [4.78, 5) is 40.2. The van der Waals surface area contributed by atoms with Crippen molar-refractivity contribution in [1.82, 2.24) is 15.1 Å². The molecule has 2 aromatic rings. The maximum absolute atomic E-state index is 13.4. The van der Waals surface area contributed by atoms with Crippen molar-refractivity contribution in [3.63, 3.8) is 0 Å². The van der Waals surface area contributed by atoms with Crippen LogP contribution in [0.5, 0.6) is 0 Å². The summed E-state index contributed by atoms with van der Waals surface area (Å²) in [7, 11) is -2.30. The Labute approximate surface area is 248 Å². The summed E-state index contributed by atoms with van der Waals surface area (Å²) in [5.41, 5.74) is 2.88. The number of hydrogen-bond acceptors (Lipinski definition) is 7. The first-order valence-corrected chi connectivity index (χ1v) is 15.1. The van der Waals surface area contributed by atoms with Gasteiger partial charge in [-0.15, -0.1) is 0 Å². The Balaban J connectivity index is 0.000000646. The topological polar surface area (TPSA) is 139 Å². The molecule has 0 radical (unpaired) electrons.